The zero-order chi connectivity index (χ0) is 13.3. The van der Waals surface area contributed by atoms with Crippen LogP contribution < -0.4 is 10.6 Å². The fraction of sp³-hybridized carbons (Fsp3) is 0.818. The Bertz CT molecular complexity index is 244. The van der Waals surface area contributed by atoms with Crippen LogP contribution in [0.4, 0.5) is 4.79 Å². The Hall–Kier alpha value is -1.30. The van der Waals surface area contributed by atoms with E-state index in [-0.39, 0.29) is 0 Å². The van der Waals surface area contributed by atoms with E-state index in [4.69, 9.17) is 9.84 Å². The number of carbonyl (C=O) groups is 2. The first-order valence-corrected chi connectivity index (χ1v) is 5.82. The lowest BCUT2D eigenvalue weighted by atomic mass is 10.2. The summed E-state index contributed by atoms with van der Waals surface area (Å²) in [5.41, 5.74) is 0. The lowest BCUT2D eigenvalue weighted by Gasteiger charge is -2.13. The fourth-order valence-electron chi connectivity index (χ4n) is 1.10. The molecule has 2 amide bonds. The van der Waals surface area contributed by atoms with Crippen LogP contribution >= 0.6 is 0 Å². The van der Waals surface area contributed by atoms with Gasteiger partial charge in [-0.15, -0.1) is 0 Å². The molecular formula is C11H22N2O4. The van der Waals surface area contributed by atoms with Gasteiger partial charge in [-0.1, -0.05) is 20.8 Å². The van der Waals surface area contributed by atoms with Crippen molar-refractivity contribution in [2.45, 2.75) is 33.2 Å². The third-order valence-electron chi connectivity index (χ3n) is 1.99. The minimum Gasteiger partial charge on any atom is -0.480 e. The summed E-state index contributed by atoms with van der Waals surface area (Å²) in [6.45, 7) is 7.22. The summed E-state index contributed by atoms with van der Waals surface area (Å²) in [7, 11) is 0. The molecule has 0 unspecified atom stereocenters. The smallest absolute Gasteiger partial charge is 0.326 e. The van der Waals surface area contributed by atoms with Crippen molar-refractivity contribution >= 4 is 12.0 Å². The van der Waals surface area contributed by atoms with Crippen LogP contribution in [-0.2, 0) is 9.53 Å². The second-order valence-corrected chi connectivity index (χ2v) is 4.17. The summed E-state index contributed by atoms with van der Waals surface area (Å²) in [5.74, 6) is -0.570. The summed E-state index contributed by atoms with van der Waals surface area (Å²) < 4.78 is 5.27. The van der Waals surface area contributed by atoms with Gasteiger partial charge in [0, 0.05) is 13.2 Å². The molecule has 0 saturated carbocycles. The number of hydrogen-bond acceptors (Lipinski definition) is 3. The minimum absolute atomic E-state index is 0.354. The van der Waals surface area contributed by atoms with Gasteiger partial charge in [-0.2, -0.15) is 0 Å². The lowest BCUT2D eigenvalue weighted by molar-refractivity contribution is -0.139. The molecule has 0 fully saturated rings. The van der Waals surface area contributed by atoms with Crippen LogP contribution in [0.2, 0.25) is 0 Å². The summed E-state index contributed by atoms with van der Waals surface area (Å²) in [6, 6.07) is -1.32. The van der Waals surface area contributed by atoms with Crippen LogP contribution in [-0.4, -0.2) is 42.9 Å². The topological polar surface area (TPSA) is 87.7 Å². The lowest BCUT2D eigenvalue weighted by Crippen LogP contribution is -2.46. The van der Waals surface area contributed by atoms with Gasteiger partial charge in [-0.25, -0.2) is 9.59 Å². The molecule has 0 radical (unpaired) electrons. The number of carboxylic acids is 1. The molecule has 0 aromatic carbocycles. The maximum atomic E-state index is 11.3. The molecule has 0 heterocycles. The molecule has 6 nitrogen and oxygen atoms in total. The molecule has 0 aliphatic heterocycles. The van der Waals surface area contributed by atoms with Gasteiger partial charge in [0.1, 0.15) is 6.04 Å². The maximum absolute atomic E-state index is 11.3. The predicted octanol–water partition coefficient (Wildman–Crippen LogP) is 0.821. The third kappa shape index (κ3) is 8.50. The van der Waals surface area contributed by atoms with Crippen molar-refractivity contribution < 1.29 is 19.4 Å². The van der Waals surface area contributed by atoms with Gasteiger partial charge >= 0.3 is 12.0 Å². The number of carboxylic acid groups (broad SMARTS) is 1. The molecule has 1 atom stereocenters. The Morgan fingerprint density at radius 1 is 1.35 bits per heavy atom. The van der Waals surface area contributed by atoms with Gasteiger partial charge in [0.05, 0.1) is 6.61 Å². The van der Waals surface area contributed by atoms with E-state index in [0.29, 0.717) is 32.1 Å². The van der Waals surface area contributed by atoms with Crippen LogP contribution in [0, 0.1) is 5.92 Å². The molecule has 100 valence electrons. The van der Waals surface area contributed by atoms with E-state index in [1.807, 2.05) is 13.8 Å². The number of ether oxygens (including phenoxy) is 1. The molecule has 0 saturated heterocycles. The Morgan fingerprint density at radius 3 is 2.47 bits per heavy atom. The van der Waals surface area contributed by atoms with Gasteiger partial charge < -0.3 is 20.5 Å². The number of aliphatic carboxylic acids is 1. The Morgan fingerprint density at radius 2 is 2.00 bits per heavy atom. The SMILES string of the molecule is CC[C@@H](NC(=O)NCCOCC(C)C)C(=O)O. The zero-order valence-electron chi connectivity index (χ0n) is 10.7. The van der Waals surface area contributed by atoms with Crippen LogP contribution in [0.25, 0.3) is 0 Å². The second-order valence-electron chi connectivity index (χ2n) is 4.17. The largest absolute Gasteiger partial charge is 0.480 e. The van der Waals surface area contributed by atoms with Gasteiger partial charge in [-0.05, 0) is 12.3 Å². The summed E-state index contributed by atoms with van der Waals surface area (Å²) in [5, 5.41) is 13.6. The average molecular weight is 246 g/mol. The van der Waals surface area contributed by atoms with Crippen LogP contribution in [0.1, 0.15) is 27.2 Å². The highest BCUT2D eigenvalue weighted by atomic mass is 16.5. The molecule has 0 aliphatic carbocycles. The monoisotopic (exact) mass is 246 g/mol. The van der Waals surface area contributed by atoms with E-state index in [1.165, 1.54) is 0 Å². The van der Waals surface area contributed by atoms with Crippen LogP contribution in [0.15, 0.2) is 0 Å². The van der Waals surface area contributed by atoms with Crippen molar-refractivity contribution in [3.05, 3.63) is 0 Å². The van der Waals surface area contributed by atoms with E-state index >= 15 is 0 Å². The first kappa shape index (κ1) is 15.7. The maximum Gasteiger partial charge on any atom is 0.326 e. The van der Waals surface area contributed by atoms with E-state index in [0.717, 1.165) is 0 Å². The molecule has 0 aromatic heterocycles. The van der Waals surface area contributed by atoms with Crippen molar-refractivity contribution in [1.29, 1.82) is 0 Å². The van der Waals surface area contributed by atoms with E-state index < -0.39 is 18.0 Å². The number of carbonyl (C=O) groups excluding carboxylic acids is 1. The van der Waals surface area contributed by atoms with Crippen molar-refractivity contribution in [2.75, 3.05) is 19.8 Å². The van der Waals surface area contributed by atoms with Crippen molar-refractivity contribution in [2.24, 2.45) is 5.92 Å². The number of urea groups is 1. The van der Waals surface area contributed by atoms with E-state index in [9.17, 15) is 9.59 Å². The van der Waals surface area contributed by atoms with Crippen molar-refractivity contribution in [3.63, 3.8) is 0 Å². The van der Waals surface area contributed by atoms with Gasteiger partial charge in [-0.3, -0.25) is 0 Å². The molecule has 6 heteroatoms. The highest BCUT2D eigenvalue weighted by molar-refractivity contribution is 5.82. The zero-order valence-corrected chi connectivity index (χ0v) is 10.7. The van der Waals surface area contributed by atoms with Crippen LogP contribution in [0.3, 0.4) is 0 Å². The number of rotatable bonds is 8. The molecule has 0 bridgehead atoms. The van der Waals surface area contributed by atoms with Gasteiger partial charge in [0.2, 0.25) is 0 Å². The number of nitrogens with one attached hydrogen (secondary N) is 2. The molecular weight excluding hydrogens is 224 g/mol. The number of amides is 2. The first-order valence-electron chi connectivity index (χ1n) is 5.82. The Kier molecular flexibility index (Phi) is 8.13. The standard InChI is InChI=1S/C11H22N2O4/c1-4-9(10(14)15)13-11(16)12-5-6-17-7-8(2)3/h8-9H,4-7H2,1-3H3,(H,14,15)(H2,12,13,16)/t9-/m1/s1. The molecule has 0 spiro atoms. The predicted molar refractivity (Wildman–Crippen MR) is 63.9 cm³/mol. The first-order chi connectivity index (χ1) is 7.97. The van der Waals surface area contributed by atoms with Crippen molar-refractivity contribution in [3.8, 4) is 0 Å². The highest BCUT2D eigenvalue weighted by Crippen LogP contribution is 1.92. The quantitative estimate of drug-likeness (QED) is 0.553. The Balaban J connectivity index is 3.62. The normalized spacial score (nSPS) is 12.2. The minimum atomic E-state index is -1.03. The number of hydrogen-bond donors (Lipinski definition) is 3. The molecule has 17 heavy (non-hydrogen) atoms. The summed E-state index contributed by atoms with van der Waals surface area (Å²) >= 11 is 0. The summed E-state index contributed by atoms with van der Waals surface area (Å²) in [4.78, 5) is 21.9. The third-order valence-corrected chi connectivity index (χ3v) is 1.99. The molecule has 3 N–H and O–H groups in total. The van der Waals surface area contributed by atoms with Crippen molar-refractivity contribution in [1.82, 2.24) is 10.6 Å². The second kappa shape index (κ2) is 8.81. The molecule has 0 aliphatic rings. The molecule has 0 aromatic rings. The van der Waals surface area contributed by atoms with Gasteiger partial charge in [0.15, 0.2) is 0 Å². The summed E-state index contributed by atoms with van der Waals surface area (Å²) in [6.07, 6.45) is 0.354. The van der Waals surface area contributed by atoms with Crippen LogP contribution in [0.5, 0.6) is 0 Å². The van der Waals surface area contributed by atoms with E-state index in [2.05, 4.69) is 10.6 Å². The van der Waals surface area contributed by atoms with Gasteiger partial charge in [0.25, 0.3) is 0 Å². The fourth-order valence-corrected chi connectivity index (χ4v) is 1.10. The molecule has 0 rings (SSSR count). The Labute approximate surface area is 102 Å². The highest BCUT2D eigenvalue weighted by Gasteiger charge is 2.16. The van der Waals surface area contributed by atoms with E-state index in [1.54, 1.807) is 6.92 Å². The average Bonchev–Trinajstić information content (AvgIpc) is 2.24.